The third-order valence-electron chi connectivity index (χ3n) is 2.82. The molecule has 17 heavy (non-hydrogen) atoms. The molecule has 0 bridgehead atoms. The Morgan fingerprint density at radius 3 is 2.53 bits per heavy atom. The molecule has 3 nitrogen and oxygen atoms in total. The maximum atomic E-state index is 11.3. The van der Waals surface area contributed by atoms with E-state index in [0.29, 0.717) is 6.61 Å². The predicted octanol–water partition coefficient (Wildman–Crippen LogP) is 3.68. The maximum Gasteiger partial charge on any atom is 0.407 e. The number of benzene rings is 1. The van der Waals surface area contributed by atoms with Gasteiger partial charge in [-0.25, -0.2) is 4.79 Å². The van der Waals surface area contributed by atoms with Crippen LogP contribution in [0.3, 0.4) is 0 Å². The average molecular weight is 321 g/mol. The molecule has 1 aliphatic heterocycles. The molecule has 1 N–H and O–H groups in total. The van der Waals surface area contributed by atoms with Gasteiger partial charge in [0.1, 0.15) is 6.61 Å². The normalized spacial score (nSPS) is 22.1. The van der Waals surface area contributed by atoms with E-state index in [4.69, 9.17) is 4.74 Å². The highest BCUT2D eigenvalue weighted by Crippen LogP contribution is 2.36. The molecule has 2 rings (SSSR count). The lowest BCUT2D eigenvalue weighted by Crippen LogP contribution is -2.46. The van der Waals surface area contributed by atoms with Gasteiger partial charge in [0, 0.05) is 9.89 Å². The minimum absolute atomic E-state index is 0. The Bertz CT molecular complexity index is 405. The first kappa shape index (κ1) is 14.3. The van der Waals surface area contributed by atoms with Crippen LogP contribution in [0.5, 0.6) is 0 Å². The smallest absolute Gasteiger partial charge is 0.407 e. The zero-order valence-electron chi connectivity index (χ0n) is 9.70. The van der Waals surface area contributed by atoms with Crippen molar-refractivity contribution in [3.05, 3.63) is 34.3 Å². The summed E-state index contributed by atoms with van der Waals surface area (Å²) in [5, 5.41) is 2.87. The second kappa shape index (κ2) is 5.27. The van der Waals surface area contributed by atoms with Gasteiger partial charge in [-0.05, 0) is 17.7 Å². The topological polar surface area (TPSA) is 38.3 Å². The minimum Gasteiger partial charge on any atom is -0.449 e. The van der Waals surface area contributed by atoms with Crippen molar-refractivity contribution >= 4 is 34.4 Å². The Morgan fingerprint density at radius 2 is 1.94 bits per heavy atom. The molecular formula is C12H15BrClNO2. The van der Waals surface area contributed by atoms with Gasteiger partial charge in [0.05, 0.1) is 6.04 Å². The lowest BCUT2D eigenvalue weighted by Gasteiger charge is -2.38. The number of carbonyl (C=O) groups is 1. The molecule has 0 radical (unpaired) electrons. The van der Waals surface area contributed by atoms with E-state index < -0.39 is 0 Å². The van der Waals surface area contributed by atoms with E-state index in [1.165, 1.54) is 0 Å². The van der Waals surface area contributed by atoms with E-state index in [-0.39, 0.29) is 30.0 Å². The van der Waals surface area contributed by atoms with Gasteiger partial charge < -0.3 is 10.1 Å². The second-order valence-corrected chi connectivity index (χ2v) is 5.61. The summed E-state index contributed by atoms with van der Waals surface area (Å²) in [6.07, 6.45) is -0.341. The largest absolute Gasteiger partial charge is 0.449 e. The molecule has 1 fully saturated rings. The summed E-state index contributed by atoms with van der Waals surface area (Å²) in [6, 6.07) is 7.99. The fourth-order valence-corrected chi connectivity index (χ4v) is 2.14. The fraction of sp³-hybridized carbons (Fsp3) is 0.417. The average Bonchev–Trinajstić information content (AvgIpc) is 2.23. The molecule has 0 aliphatic carbocycles. The zero-order chi connectivity index (χ0) is 11.8. The zero-order valence-corrected chi connectivity index (χ0v) is 12.1. The number of rotatable bonds is 1. The van der Waals surface area contributed by atoms with E-state index in [2.05, 4.69) is 35.1 Å². The van der Waals surface area contributed by atoms with Crippen LogP contribution in [0, 0.1) is 5.41 Å². The van der Waals surface area contributed by atoms with Gasteiger partial charge in [-0.3, -0.25) is 0 Å². The number of amides is 1. The number of nitrogens with one attached hydrogen (secondary N) is 1. The molecule has 1 amide bonds. The van der Waals surface area contributed by atoms with Gasteiger partial charge in [0.15, 0.2) is 0 Å². The van der Waals surface area contributed by atoms with E-state index >= 15 is 0 Å². The monoisotopic (exact) mass is 319 g/mol. The predicted molar refractivity (Wildman–Crippen MR) is 72.4 cm³/mol. The highest BCUT2D eigenvalue weighted by atomic mass is 79.9. The van der Waals surface area contributed by atoms with E-state index in [0.717, 1.165) is 10.0 Å². The van der Waals surface area contributed by atoms with E-state index in [1.807, 2.05) is 24.3 Å². The van der Waals surface area contributed by atoms with Crippen molar-refractivity contribution in [2.24, 2.45) is 5.41 Å². The standard InChI is InChI=1S/C12H14BrNO2.ClH/c1-12(2)7-16-11(15)14-10(12)8-3-5-9(13)6-4-8;/h3-6,10H,7H2,1-2H3,(H,14,15);1H/t10-;/m0./s1. The Kier molecular flexibility index (Phi) is 4.44. The van der Waals surface area contributed by atoms with Crippen LogP contribution in [-0.2, 0) is 4.74 Å². The van der Waals surface area contributed by atoms with Crippen LogP contribution in [0.25, 0.3) is 0 Å². The fourth-order valence-electron chi connectivity index (χ4n) is 1.88. The SMILES string of the molecule is CC1(C)COC(=O)N[C@H]1c1ccc(Br)cc1.Cl. The van der Waals surface area contributed by atoms with Crippen molar-refractivity contribution in [2.45, 2.75) is 19.9 Å². The Hall–Kier alpha value is -0.740. The number of hydrogen-bond acceptors (Lipinski definition) is 2. The number of ether oxygens (including phenoxy) is 1. The summed E-state index contributed by atoms with van der Waals surface area (Å²) in [5.74, 6) is 0. The molecule has 1 aromatic carbocycles. The number of alkyl carbamates (subject to hydrolysis) is 1. The van der Waals surface area contributed by atoms with Gasteiger partial charge in [-0.15, -0.1) is 12.4 Å². The summed E-state index contributed by atoms with van der Waals surface area (Å²) in [5.41, 5.74) is 1.01. The highest BCUT2D eigenvalue weighted by Gasteiger charge is 2.37. The molecule has 1 heterocycles. The lowest BCUT2D eigenvalue weighted by molar-refractivity contribution is 0.0387. The molecule has 5 heteroatoms. The third-order valence-corrected chi connectivity index (χ3v) is 3.35. The highest BCUT2D eigenvalue weighted by molar-refractivity contribution is 9.10. The van der Waals surface area contributed by atoms with Gasteiger partial charge in [0.2, 0.25) is 0 Å². The quantitative estimate of drug-likeness (QED) is 0.857. The molecule has 0 unspecified atom stereocenters. The van der Waals surface area contributed by atoms with Crippen LogP contribution in [0.15, 0.2) is 28.7 Å². The molecule has 1 atom stereocenters. The van der Waals surface area contributed by atoms with Crippen LogP contribution in [0.2, 0.25) is 0 Å². The lowest BCUT2D eigenvalue weighted by atomic mass is 9.80. The van der Waals surface area contributed by atoms with Gasteiger partial charge >= 0.3 is 6.09 Å². The molecule has 0 spiro atoms. The number of hydrogen-bond donors (Lipinski definition) is 1. The van der Waals surface area contributed by atoms with Crippen LogP contribution in [0.1, 0.15) is 25.5 Å². The summed E-state index contributed by atoms with van der Waals surface area (Å²) in [6.45, 7) is 4.61. The van der Waals surface area contributed by atoms with Crippen molar-refractivity contribution < 1.29 is 9.53 Å². The summed E-state index contributed by atoms with van der Waals surface area (Å²) >= 11 is 3.40. The summed E-state index contributed by atoms with van der Waals surface area (Å²) in [4.78, 5) is 11.3. The number of cyclic esters (lactones) is 1. The van der Waals surface area contributed by atoms with E-state index in [9.17, 15) is 4.79 Å². The van der Waals surface area contributed by atoms with Crippen molar-refractivity contribution in [3.63, 3.8) is 0 Å². The molecule has 1 aromatic rings. The van der Waals surface area contributed by atoms with Crippen molar-refractivity contribution in [1.82, 2.24) is 5.32 Å². The second-order valence-electron chi connectivity index (χ2n) is 4.69. The first-order chi connectivity index (χ1) is 7.49. The van der Waals surface area contributed by atoms with Gasteiger partial charge in [0.25, 0.3) is 0 Å². The van der Waals surface area contributed by atoms with Crippen LogP contribution in [-0.4, -0.2) is 12.7 Å². The Labute approximate surface area is 115 Å². The minimum atomic E-state index is -0.341. The number of carbonyl (C=O) groups excluding carboxylic acids is 1. The van der Waals surface area contributed by atoms with Crippen LogP contribution in [0.4, 0.5) is 4.79 Å². The first-order valence-electron chi connectivity index (χ1n) is 5.18. The van der Waals surface area contributed by atoms with Gasteiger partial charge in [-0.1, -0.05) is 41.9 Å². The molecule has 1 aliphatic rings. The third kappa shape index (κ3) is 3.13. The van der Waals surface area contributed by atoms with Crippen LogP contribution >= 0.6 is 28.3 Å². The van der Waals surface area contributed by atoms with Gasteiger partial charge in [-0.2, -0.15) is 0 Å². The Balaban J connectivity index is 0.00000144. The summed E-state index contributed by atoms with van der Waals surface area (Å²) < 4.78 is 6.04. The van der Waals surface area contributed by atoms with Crippen molar-refractivity contribution in [2.75, 3.05) is 6.61 Å². The van der Waals surface area contributed by atoms with E-state index in [1.54, 1.807) is 0 Å². The first-order valence-corrected chi connectivity index (χ1v) is 5.97. The van der Waals surface area contributed by atoms with Crippen LogP contribution < -0.4 is 5.32 Å². The molecular weight excluding hydrogens is 305 g/mol. The van der Waals surface area contributed by atoms with Crippen molar-refractivity contribution in [1.29, 1.82) is 0 Å². The maximum absolute atomic E-state index is 11.3. The molecule has 0 saturated carbocycles. The molecule has 1 saturated heterocycles. The molecule has 94 valence electrons. The summed E-state index contributed by atoms with van der Waals surface area (Å²) in [7, 11) is 0. The number of halogens is 2. The molecule has 0 aromatic heterocycles. The van der Waals surface area contributed by atoms with Crippen molar-refractivity contribution in [3.8, 4) is 0 Å². The Morgan fingerprint density at radius 1 is 1.35 bits per heavy atom.